The summed E-state index contributed by atoms with van der Waals surface area (Å²) in [5, 5.41) is 9.90. The molecule has 0 unspecified atom stereocenters. The van der Waals surface area contributed by atoms with E-state index >= 15 is 0 Å². The lowest BCUT2D eigenvalue weighted by molar-refractivity contribution is -0.137. The molecule has 0 atom stereocenters. The number of unbranched alkanes of at least 4 members (excludes halogenated alkanes) is 2. The Morgan fingerprint density at radius 3 is 2.33 bits per heavy atom. The number of aromatic nitrogens is 4. The largest absolute Gasteiger partial charge is 0.478 e. The van der Waals surface area contributed by atoms with E-state index in [0.29, 0.717) is 29.0 Å². The van der Waals surface area contributed by atoms with Crippen LogP contribution in [0.25, 0.3) is 50.3 Å². The third-order valence-corrected chi connectivity index (χ3v) is 8.54. The van der Waals surface area contributed by atoms with Crippen molar-refractivity contribution in [2.45, 2.75) is 65.6 Å². The number of carbonyl (C=O) groups is 1. The van der Waals surface area contributed by atoms with Crippen molar-refractivity contribution in [3.05, 3.63) is 101 Å². The standard InChI is InChI=1S/C37H35F3N4O2/c1-4-6-15-34-41-29-18-16-24(35-42-30-22-25(37(38,39)40)17-19-32(30)43(35)20-7-5-2)21-33(29)44(34)31-14-10-13-26(23(31)3)27-11-8-9-12-28(27)36(45)46/h8-14,16-19,21-22H,4-7,15,20H2,1-3H3,(H,45,46). The topological polar surface area (TPSA) is 72.9 Å². The van der Waals surface area contributed by atoms with Gasteiger partial charge in [-0.05, 0) is 85.0 Å². The van der Waals surface area contributed by atoms with E-state index in [1.165, 1.54) is 6.07 Å². The Morgan fingerprint density at radius 1 is 0.826 bits per heavy atom. The Kier molecular flexibility index (Phi) is 8.42. The molecule has 0 spiro atoms. The second kappa shape index (κ2) is 12.5. The summed E-state index contributed by atoms with van der Waals surface area (Å²) in [5.74, 6) is 0.499. The highest BCUT2D eigenvalue weighted by Crippen LogP contribution is 2.36. The second-order valence-electron chi connectivity index (χ2n) is 11.6. The number of carboxylic acid groups (broad SMARTS) is 1. The zero-order valence-electron chi connectivity index (χ0n) is 26.0. The second-order valence-corrected chi connectivity index (χ2v) is 11.6. The van der Waals surface area contributed by atoms with Crippen molar-refractivity contribution in [2.24, 2.45) is 0 Å². The van der Waals surface area contributed by atoms with E-state index in [2.05, 4.69) is 18.4 Å². The van der Waals surface area contributed by atoms with E-state index in [-0.39, 0.29) is 5.56 Å². The van der Waals surface area contributed by atoms with Gasteiger partial charge in [0.25, 0.3) is 0 Å². The molecule has 0 aliphatic rings. The number of alkyl halides is 3. The van der Waals surface area contributed by atoms with E-state index in [0.717, 1.165) is 83.5 Å². The molecule has 2 heterocycles. The van der Waals surface area contributed by atoms with E-state index in [1.54, 1.807) is 12.1 Å². The van der Waals surface area contributed by atoms with E-state index in [1.807, 2.05) is 60.0 Å². The molecule has 0 amide bonds. The van der Waals surface area contributed by atoms with Gasteiger partial charge in [0.15, 0.2) is 0 Å². The van der Waals surface area contributed by atoms with Crippen LogP contribution in [-0.4, -0.2) is 30.2 Å². The first-order valence-corrected chi connectivity index (χ1v) is 15.6. The number of imidazole rings is 2. The predicted molar refractivity (Wildman–Crippen MR) is 175 cm³/mol. The summed E-state index contributed by atoms with van der Waals surface area (Å²) in [4.78, 5) is 21.9. The molecular weight excluding hydrogens is 589 g/mol. The SMILES string of the molecule is CCCCc1nc2ccc(-c3nc4cc(C(F)(F)F)ccc4n3CCCC)cc2n1-c1cccc(-c2ccccc2C(=O)O)c1C. The van der Waals surface area contributed by atoms with Crippen molar-refractivity contribution < 1.29 is 23.1 Å². The van der Waals surface area contributed by atoms with Gasteiger partial charge in [0.1, 0.15) is 11.6 Å². The maximum atomic E-state index is 13.6. The minimum atomic E-state index is -4.46. The van der Waals surface area contributed by atoms with Gasteiger partial charge in [0, 0.05) is 18.5 Å². The average molecular weight is 625 g/mol. The first kappa shape index (κ1) is 31.1. The number of aromatic carboxylic acids is 1. The van der Waals surface area contributed by atoms with Gasteiger partial charge in [-0.2, -0.15) is 13.2 Å². The molecule has 2 aromatic heterocycles. The molecule has 6 aromatic rings. The van der Waals surface area contributed by atoms with Gasteiger partial charge in [0.05, 0.1) is 38.9 Å². The van der Waals surface area contributed by atoms with E-state index in [9.17, 15) is 23.1 Å². The van der Waals surface area contributed by atoms with Crippen LogP contribution in [0.5, 0.6) is 0 Å². The van der Waals surface area contributed by atoms with Crippen LogP contribution in [-0.2, 0) is 19.1 Å². The van der Waals surface area contributed by atoms with Gasteiger partial charge in [-0.25, -0.2) is 14.8 Å². The van der Waals surface area contributed by atoms with Crippen LogP contribution in [0.2, 0.25) is 0 Å². The third-order valence-electron chi connectivity index (χ3n) is 8.54. The zero-order chi connectivity index (χ0) is 32.6. The fourth-order valence-electron chi connectivity index (χ4n) is 6.17. The molecule has 0 aliphatic carbocycles. The van der Waals surface area contributed by atoms with Gasteiger partial charge in [-0.15, -0.1) is 0 Å². The Bertz CT molecular complexity index is 2070. The van der Waals surface area contributed by atoms with Crippen LogP contribution in [0.1, 0.15) is 66.8 Å². The number of halogens is 3. The van der Waals surface area contributed by atoms with Crippen LogP contribution in [0.4, 0.5) is 13.2 Å². The Labute approximate surface area is 265 Å². The van der Waals surface area contributed by atoms with Crippen molar-refractivity contribution in [2.75, 3.05) is 0 Å². The number of fused-ring (bicyclic) bond motifs is 2. The minimum absolute atomic E-state index is 0.228. The smallest absolute Gasteiger partial charge is 0.416 e. The summed E-state index contributed by atoms with van der Waals surface area (Å²) >= 11 is 0. The van der Waals surface area contributed by atoms with Gasteiger partial charge in [-0.3, -0.25) is 4.57 Å². The van der Waals surface area contributed by atoms with E-state index in [4.69, 9.17) is 9.97 Å². The lowest BCUT2D eigenvalue weighted by Crippen LogP contribution is -2.06. The molecule has 0 saturated carbocycles. The van der Waals surface area contributed by atoms with Crippen molar-refractivity contribution >= 4 is 28.0 Å². The Balaban J connectivity index is 1.57. The molecule has 4 aromatic carbocycles. The lowest BCUT2D eigenvalue weighted by Gasteiger charge is -2.17. The number of hydrogen-bond acceptors (Lipinski definition) is 3. The minimum Gasteiger partial charge on any atom is -0.478 e. The molecule has 0 bridgehead atoms. The molecular formula is C37H35F3N4O2. The molecule has 0 radical (unpaired) electrons. The Hall–Kier alpha value is -4.92. The molecule has 0 fully saturated rings. The summed E-state index contributed by atoms with van der Waals surface area (Å²) < 4.78 is 44.9. The summed E-state index contributed by atoms with van der Waals surface area (Å²) in [6.45, 7) is 6.82. The summed E-state index contributed by atoms with van der Waals surface area (Å²) in [6.07, 6.45) is -0.0199. The average Bonchev–Trinajstić information content (AvgIpc) is 3.59. The number of carboxylic acids is 1. The molecule has 1 N–H and O–H groups in total. The number of nitrogens with zero attached hydrogens (tertiary/aromatic N) is 4. The molecule has 9 heteroatoms. The molecule has 236 valence electrons. The molecule has 6 nitrogen and oxygen atoms in total. The summed E-state index contributed by atoms with van der Waals surface area (Å²) in [5.41, 5.74) is 6.14. The molecule has 6 rings (SSSR count). The van der Waals surface area contributed by atoms with Crippen molar-refractivity contribution in [1.82, 2.24) is 19.1 Å². The molecule has 46 heavy (non-hydrogen) atoms. The Morgan fingerprint density at radius 2 is 1.59 bits per heavy atom. The van der Waals surface area contributed by atoms with Gasteiger partial charge < -0.3 is 9.67 Å². The lowest BCUT2D eigenvalue weighted by atomic mass is 9.95. The highest BCUT2D eigenvalue weighted by atomic mass is 19.4. The highest BCUT2D eigenvalue weighted by molar-refractivity contribution is 5.97. The van der Waals surface area contributed by atoms with Crippen LogP contribution < -0.4 is 0 Å². The predicted octanol–water partition coefficient (Wildman–Crippen LogP) is 9.88. The van der Waals surface area contributed by atoms with Crippen molar-refractivity contribution in [1.29, 1.82) is 0 Å². The first-order valence-electron chi connectivity index (χ1n) is 15.6. The quantitative estimate of drug-likeness (QED) is 0.165. The monoisotopic (exact) mass is 624 g/mol. The number of benzene rings is 4. The van der Waals surface area contributed by atoms with Gasteiger partial charge in [-0.1, -0.05) is 57.0 Å². The van der Waals surface area contributed by atoms with Crippen molar-refractivity contribution in [3.63, 3.8) is 0 Å². The summed E-state index contributed by atoms with van der Waals surface area (Å²) in [6, 6.07) is 22.5. The third kappa shape index (κ3) is 5.66. The van der Waals surface area contributed by atoms with Crippen LogP contribution in [0, 0.1) is 6.92 Å². The van der Waals surface area contributed by atoms with E-state index < -0.39 is 17.7 Å². The number of hydrogen-bond donors (Lipinski definition) is 1. The maximum Gasteiger partial charge on any atom is 0.416 e. The van der Waals surface area contributed by atoms with Crippen LogP contribution in [0.15, 0.2) is 78.9 Å². The fourth-order valence-corrected chi connectivity index (χ4v) is 6.17. The van der Waals surface area contributed by atoms with Crippen LogP contribution in [0.3, 0.4) is 0 Å². The molecule has 0 aliphatic heterocycles. The van der Waals surface area contributed by atoms with Gasteiger partial charge in [0.2, 0.25) is 0 Å². The first-order chi connectivity index (χ1) is 22.1. The van der Waals surface area contributed by atoms with Crippen LogP contribution >= 0.6 is 0 Å². The normalized spacial score (nSPS) is 12.0. The zero-order valence-corrected chi connectivity index (χ0v) is 26.0. The molecule has 0 saturated heterocycles. The van der Waals surface area contributed by atoms with Crippen molar-refractivity contribution in [3.8, 4) is 28.2 Å². The fraction of sp³-hybridized carbons (Fsp3) is 0.270. The maximum absolute atomic E-state index is 13.6. The summed E-state index contributed by atoms with van der Waals surface area (Å²) in [7, 11) is 0. The van der Waals surface area contributed by atoms with Gasteiger partial charge >= 0.3 is 12.1 Å². The highest BCUT2D eigenvalue weighted by Gasteiger charge is 2.31. The number of aryl methyl sites for hydroxylation is 2. The number of rotatable bonds is 10.